The third-order valence-electron chi connectivity index (χ3n) is 2.37. The minimum atomic E-state index is -0.527. The zero-order chi connectivity index (χ0) is 14.6. The van der Waals surface area contributed by atoms with Crippen molar-refractivity contribution in [3.05, 3.63) is 11.7 Å². The minimum absolute atomic E-state index is 0.191. The molecule has 0 saturated carbocycles. The van der Waals surface area contributed by atoms with Gasteiger partial charge in [0.05, 0.1) is 0 Å². The zero-order valence-corrected chi connectivity index (χ0v) is 12.5. The normalized spacial score (nSPS) is 13.4. The van der Waals surface area contributed by atoms with Gasteiger partial charge in [-0.1, -0.05) is 25.9 Å². The van der Waals surface area contributed by atoms with Crippen molar-refractivity contribution in [2.45, 2.75) is 65.5 Å². The maximum atomic E-state index is 11.7. The molecular formula is C13H23N3O3. The van der Waals surface area contributed by atoms with Crippen LogP contribution in [0.5, 0.6) is 0 Å². The maximum Gasteiger partial charge on any atom is 0.408 e. The highest BCUT2D eigenvalue weighted by molar-refractivity contribution is 5.68. The average Bonchev–Trinajstić information content (AvgIpc) is 2.72. The fourth-order valence-corrected chi connectivity index (χ4v) is 1.41. The Balaban J connectivity index is 2.69. The van der Waals surface area contributed by atoms with Gasteiger partial charge < -0.3 is 14.6 Å². The molecule has 19 heavy (non-hydrogen) atoms. The van der Waals surface area contributed by atoms with Crippen molar-refractivity contribution >= 4 is 6.09 Å². The summed E-state index contributed by atoms with van der Waals surface area (Å²) in [7, 11) is 0. The second kappa shape index (κ2) is 6.04. The van der Waals surface area contributed by atoms with E-state index in [1.165, 1.54) is 0 Å². The van der Waals surface area contributed by atoms with E-state index in [9.17, 15) is 4.79 Å². The number of nitrogens with zero attached hydrogens (tertiary/aromatic N) is 2. The summed E-state index contributed by atoms with van der Waals surface area (Å²) in [5.74, 6) is 1.24. The number of amides is 1. The van der Waals surface area contributed by atoms with Crippen LogP contribution in [0.25, 0.3) is 0 Å². The Labute approximate surface area is 113 Å². The van der Waals surface area contributed by atoms with Gasteiger partial charge in [-0.25, -0.2) is 4.79 Å². The Morgan fingerprint density at radius 2 is 2.05 bits per heavy atom. The molecule has 0 fully saturated rings. The molecular weight excluding hydrogens is 246 g/mol. The predicted molar refractivity (Wildman–Crippen MR) is 70.8 cm³/mol. The molecule has 1 rings (SSSR count). The summed E-state index contributed by atoms with van der Waals surface area (Å²) >= 11 is 0. The second-order valence-electron chi connectivity index (χ2n) is 5.75. The van der Waals surface area contributed by atoms with Crippen LogP contribution in [0.15, 0.2) is 4.52 Å². The highest BCUT2D eigenvalue weighted by Crippen LogP contribution is 2.18. The summed E-state index contributed by atoms with van der Waals surface area (Å²) in [6.45, 7) is 11.3. The van der Waals surface area contributed by atoms with E-state index in [0.29, 0.717) is 18.1 Å². The Hall–Kier alpha value is -1.59. The quantitative estimate of drug-likeness (QED) is 0.908. The molecule has 0 aliphatic rings. The molecule has 6 heteroatoms. The Morgan fingerprint density at radius 1 is 1.42 bits per heavy atom. The van der Waals surface area contributed by atoms with E-state index in [2.05, 4.69) is 15.5 Å². The largest absolute Gasteiger partial charge is 0.444 e. The number of carbonyl (C=O) groups is 1. The lowest BCUT2D eigenvalue weighted by Crippen LogP contribution is -2.34. The smallest absolute Gasteiger partial charge is 0.408 e. The van der Waals surface area contributed by atoms with Crippen molar-refractivity contribution in [2.75, 3.05) is 0 Å². The monoisotopic (exact) mass is 269 g/mol. The van der Waals surface area contributed by atoms with E-state index in [1.54, 1.807) is 0 Å². The van der Waals surface area contributed by atoms with Crippen molar-refractivity contribution in [1.82, 2.24) is 15.5 Å². The molecule has 1 N–H and O–H groups in total. The van der Waals surface area contributed by atoms with Gasteiger partial charge in [0.2, 0.25) is 5.89 Å². The molecule has 0 spiro atoms. The summed E-state index contributed by atoms with van der Waals surface area (Å²) in [6.07, 6.45) is 0.169. The number of rotatable bonds is 4. The van der Waals surface area contributed by atoms with Crippen molar-refractivity contribution in [2.24, 2.45) is 0 Å². The molecule has 0 aromatic carbocycles. The van der Waals surface area contributed by atoms with Crippen molar-refractivity contribution < 1.29 is 14.1 Å². The SMILES string of the molecule is CC[C@H](NC(=O)OC(C)(C)C)c1nc(C(C)C)no1. The van der Waals surface area contributed by atoms with Gasteiger partial charge in [-0.3, -0.25) is 0 Å². The number of nitrogens with one attached hydrogen (secondary N) is 1. The van der Waals surface area contributed by atoms with Crippen LogP contribution in [-0.2, 0) is 4.74 Å². The standard InChI is InChI=1S/C13H23N3O3/c1-7-9(14-12(17)18-13(4,5)6)11-15-10(8(2)3)16-19-11/h8-9H,7H2,1-6H3,(H,14,17)/t9-/m0/s1. The molecule has 1 amide bonds. The lowest BCUT2D eigenvalue weighted by Gasteiger charge is -2.21. The van der Waals surface area contributed by atoms with E-state index in [0.717, 1.165) is 0 Å². The van der Waals surface area contributed by atoms with Crippen molar-refractivity contribution in [3.8, 4) is 0 Å². The maximum absolute atomic E-state index is 11.7. The predicted octanol–water partition coefficient (Wildman–Crippen LogP) is 3.17. The third-order valence-corrected chi connectivity index (χ3v) is 2.37. The highest BCUT2D eigenvalue weighted by Gasteiger charge is 2.23. The number of alkyl carbamates (subject to hydrolysis) is 1. The van der Waals surface area contributed by atoms with Gasteiger partial charge in [0.15, 0.2) is 5.82 Å². The van der Waals surface area contributed by atoms with E-state index in [1.807, 2.05) is 41.5 Å². The van der Waals surface area contributed by atoms with Gasteiger partial charge in [-0.2, -0.15) is 4.98 Å². The first-order valence-electron chi connectivity index (χ1n) is 6.56. The zero-order valence-electron chi connectivity index (χ0n) is 12.5. The summed E-state index contributed by atoms with van der Waals surface area (Å²) < 4.78 is 10.4. The molecule has 0 radical (unpaired) electrons. The van der Waals surface area contributed by atoms with E-state index in [-0.39, 0.29) is 12.0 Å². The highest BCUT2D eigenvalue weighted by atomic mass is 16.6. The van der Waals surface area contributed by atoms with Crippen LogP contribution < -0.4 is 5.32 Å². The second-order valence-corrected chi connectivity index (χ2v) is 5.75. The third kappa shape index (κ3) is 4.89. The van der Waals surface area contributed by atoms with Crippen LogP contribution in [0, 0.1) is 0 Å². The fraction of sp³-hybridized carbons (Fsp3) is 0.769. The van der Waals surface area contributed by atoms with Crippen molar-refractivity contribution in [3.63, 3.8) is 0 Å². The van der Waals surface area contributed by atoms with Gasteiger partial charge in [-0.15, -0.1) is 0 Å². The lowest BCUT2D eigenvalue weighted by atomic mass is 10.2. The van der Waals surface area contributed by atoms with E-state index in [4.69, 9.17) is 9.26 Å². The summed E-state index contributed by atoms with van der Waals surface area (Å²) in [5.41, 5.74) is -0.527. The van der Waals surface area contributed by atoms with Crippen LogP contribution >= 0.6 is 0 Å². The molecule has 6 nitrogen and oxygen atoms in total. The molecule has 0 saturated heterocycles. The molecule has 1 aromatic heterocycles. The van der Waals surface area contributed by atoms with E-state index >= 15 is 0 Å². The van der Waals surface area contributed by atoms with Crippen LogP contribution in [0.1, 0.15) is 71.6 Å². The molecule has 108 valence electrons. The molecule has 0 unspecified atom stereocenters. The topological polar surface area (TPSA) is 77.2 Å². The molecule has 0 aliphatic heterocycles. The van der Waals surface area contributed by atoms with Gasteiger partial charge >= 0.3 is 6.09 Å². The van der Waals surface area contributed by atoms with Gasteiger partial charge in [0.1, 0.15) is 11.6 Å². The molecule has 0 bridgehead atoms. The van der Waals surface area contributed by atoms with Crippen LogP contribution in [0.2, 0.25) is 0 Å². The Morgan fingerprint density at radius 3 is 2.47 bits per heavy atom. The molecule has 0 aliphatic carbocycles. The Bertz CT molecular complexity index is 421. The summed E-state index contributed by atoms with van der Waals surface area (Å²) in [6, 6.07) is -0.324. The van der Waals surface area contributed by atoms with Crippen LogP contribution in [-0.4, -0.2) is 21.8 Å². The van der Waals surface area contributed by atoms with E-state index < -0.39 is 11.7 Å². The minimum Gasteiger partial charge on any atom is -0.444 e. The van der Waals surface area contributed by atoms with Gasteiger partial charge in [0, 0.05) is 5.92 Å². The average molecular weight is 269 g/mol. The lowest BCUT2D eigenvalue weighted by molar-refractivity contribution is 0.0492. The summed E-state index contributed by atoms with van der Waals surface area (Å²) in [5, 5.41) is 6.62. The number of hydrogen-bond acceptors (Lipinski definition) is 5. The number of aromatic nitrogens is 2. The first-order chi connectivity index (χ1) is 8.73. The number of carbonyl (C=O) groups excluding carboxylic acids is 1. The number of ether oxygens (including phenoxy) is 1. The molecule has 1 aromatic rings. The first-order valence-corrected chi connectivity index (χ1v) is 6.56. The van der Waals surface area contributed by atoms with Crippen LogP contribution in [0.4, 0.5) is 4.79 Å². The fourth-order valence-electron chi connectivity index (χ4n) is 1.41. The molecule has 1 atom stereocenters. The van der Waals surface area contributed by atoms with Gasteiger partial charge in [0.25, 0.3) is 0 Å². The van der Waals surface area contributed by atoms with Gasteiger partial charge in [-0.05, 0) is 27.2 Å². The summed E-state index contributed by atoms with van der Waals surface area (Å²) in [4.78, 5) is 16.0. The number of hydrogen-bond donors (Lipinski definition) is 1. The van der Waals surface area contributed by atoms with Crippen LogP contribution in [0.3, 0.4) is 0 Å². The molecule has 1 heterocycles. The Kier molecular flexibility index (Phi) is 4.91. The first kappa shape index (κ1) is 15.5. The van der Waals surface area contributed by atoms with Crippen molar-refractivity contribution in [1.29, 1.82) is 0 Å².